The summed E-state index contributed by atoms with van der Waals surface area (Å²) in [5, 5.41) is 5.66. The number of amides is 2. The van der Waals surface area contributed by atoms with E-state index in [4.69, 9.17) is 4.74 Å². The highest BCUT2D eigenvalue weighted by Gasteiger charge is 2.03. The van der Waals surface area contributed by atoms with Crippen molar-refractivity contribution >= 4 is 11.7 Å². The van der Waals surface area contributed by atoms with Crippen LogP contribution in [0.15, 0.2) is 54.6 Å². The van der Waals surface area contributed by atoms with Gasteiger partial charge in [0.1, 0.15) is 5.75 Å². The maximum absolute atomic E-state index is 11.9. The lowest BCUT2D eigenvalue weighted by molar-refractivity contribution is 0.242. The number of anilines is 1. The molecule has 2 rings (SSSR count). The minimum Gasteiger partial charge on any atom is -0.491 e. The highest BCUT2D eigenvalue weighted by Crippen LogP contribution is 2.18. The van der Waals surface area contributed by atoms with Gasteiger partial charge in [0.25, 0.3) is 0 Å². The summed E-state index contributed by atoms with van der Waals surface area (Å²) in [6, 6.07) is 17.2. The second-order valence-electron chi connectivity index (χ2n) is 5.31. The average Bonchev–Trinajstić information content (AvgIpc) is 2.48. The van der Waals surface area contributed by atoms with Gasteiger partial charge < -0.3 is 15.4 Å². The first-order chi connectivity index (χ1) is 10.6. The first kappa shape index (κ1) is 15.9. The Hall–Kier alpha value is -2.49. The fourth-order valence-corrected chi connectivity index (χ4v) is 2.06. The Labute approximate surface area is 131 Å². The largest absolute Gasteiger partial charge is 0.491 e. The highest BCUT2D eigenvalue weighted by molar-refractivity contribution is 5.89. The lowest BCUT2D eigenvalue weighted by Gasteiger charge is -2.12. The molecule has 0 aliphatic rings. The van der Waals surface area contributed by atoms with E-state index >= 15 is 0 Å². The summed E-state index contributed by atoms with van der Waals surface area (Å²) in [5.74, 6) is 0.747. The van der Waals surface area contributed by atoms with Crippen molar-refractivity contribution in [1.82, 2.24) is 5.32 Å². The number of hydrogen-bond acceptors (Lipinski definition) is 2. The van der Waals surface area contributed by atoms with Crippen molar-refractivity contribution < 1.29 is 9.53 Å². The van der Waals surface area contributed by atoms with Gasteiger partial charge in [-0.05, 0) is 38.0 Å². The molecule has 116 valence electrons. The third kappa shape index (κ3) is 5.48. The first-order valence-electron chi connectivity index (χ1n) is 7.49. The molecule has 0 unspecified atom stereocenters. The summed E-state index contributed by atoms with van der Waals surface area (Å²) >= 11 is 0. The van der Waals surface area contributed by atoms with Crippen molar-refractivity contribution in [3.8, 4) is 5.75 Å². The second kappa shape index (κ2) is 8.08. The summed E-state index contributed by atoms with van der Waals surface area (Å²) < 4.78 is 5.60. The van der Waals surface area contributed by atoms with Crippen LogP contribution < -0.4 is 15.4 Å². The van der Waals surface area contributed by atoms with E-state index in [1.165, 1.54) is 5.56 Å². The van der Waals surface area contributed by atoms with Gasteiger partial charge in [0.05, 0.1) is 6.10 Å². The molecule has 0 radical (unpaired) electrons. The van der Waals surface area contributed by atoms with Gasteiger partial charge in [-0.25, -0.2) is 4.79 Å². The molecule has 0 fully saturated rings. The third-order valence-corrected chi connectivity index (χ3v) is 3.01. The number of carbonyl (C=O) groups excluding carboxylic acids is 1. The lowest BCUT2D eigenvalue weighted by Crippen LogP contribution is -2.30. The molecule has 2 aromatic carbocycles. The van der Waals surface area contributed by atoms with Crippen LogP contribution >= 0.6 is 0 Å². The minimum absolute atomic E-state index is 0.106. The van der Waals surface area contributed by atoms with Gasteiger partial charge in [-0.15, -0.1) is 0 Å². The van der Waals surface area contributed by atoms with Gasteiger partial charge in [-0.1, -0.05) is 36.4 Å². The molecule has 0 aromatic heterocycles. The van der Waals surface area contributed by atoms with Crippen molar-refractivity contribution in [2.24, 2.45) is 0 Å². The Balaban J connectivity index is 1.79. The molecule has 0 aliphatic heterocycles. The van der Waals surface area contributed by atoms with Crippen molar-refractivity contribution in [3.05, 3.63) is 60.2 Å². The Bertz CT molecular complexity index is 597. The molecule has 0 bridgehead atoms. The van der Waals surface area contributed by atoms with Gasteiger partial charge in [0, 0.05) is 18.3 Å². The topological polar surface area (TPSA) is 50.4 Å². The van der Waals surface area contributed by atoms with Crippen LogP contribution in [-0.2, 0) is 6.42 Å². The molecule has 0 atom stereocenters. The monoisotopic (exact) mass is 298 g/mol. The molecule has 2 amide bonds. The van der Waals surface area contributed by atoms with Crippen LogP contribution in [0.1, 0.15) is 19.4 Å². The van der Waals surface area contributed by atoms with Crippen LogP contribution in [0, 0.1) is 0 Å². The molecule has 0 spiro atoms. The van der Waals surface area contributed by atoms with Gasteiger partial charge in [-0.2, -0.15) is 0 Å². The smallest absolute Gasteiger partial charge is 0.319 e. The maximum atomic E-state index is 11.9. The number of nitrogens with one attached hydrogen (secondary N) is 2. The van der Waals surface area contributed by atoms with Crippen LogP contribution in [0.3, 0.4) is 0 Å². The lowest BCUT2D eigenvalue weighted by atomic mass is 10.1. The number of benzene rings is 2. The number of hydrogen-bond donors (Lipinski definition) is 2. The molecule has 0 aliphatic carbocycles. The summed E-state index contributed by atoms with van der Waals surface area (Å²) in [7, 11) is 0. The Morgan fingerprint density at radius 1 is 1.09 bits per heavy atom. The van der Waals surface area contributed by atoms with Gasteiger partial charge in [-0.3, -0.25) is 0 Å². The van der Waals surface area contributed by atoms with Crippen LogP contribution in [0.2, 0.25) is 0 Å². The molecule has 0 saturated carbocycles. The second-order valence-corrected chi connectivity index (χ2v) is 5.31. The maximum Gasteiger partial charge on any atom is 0.319 e. The molecule has 4 nitrogen and oxygen atoms in total. The minimum atomic E-state index is -0.211. The van der Waals surface area contributed by atoms with E-state index in [2.05, 4.69) is 10.6 Å². The number of carbonyl (C=O) groups is 1. The first-order valence-corrected chi connectivity index (χ1v) is 7.49. The number of urea groups is 1. The molecule has 2 aromatic rings. The van der Waals surface area contributed by atoms with E-state index in [0.29, 0.717) is 6.54 Å². The van der Waals surface area contributed by atoms with Crippen LogP contribution in [0.5, 0.6) is 5.75 Å². The Kier molecular flexibility index (Phi) is 5.83. The predicted octanol–water partition coefficient (Wildman–Crippen LogP) is 3.84. The molecule has 4 heteroatoms. The summed E-state index contributed by atoms with van der Waals surface area (Å²) in [6.45, 7) is 4.53. The quantitative estimate of drug-likeness (QED) is 0.851. The summed E-state index contributed by atoms with van der Waals surface area (Å²) in [4.78, 5) is 11.9. The Morgan fingerprint density at radius 3 is 2.59 bits per heavy atom. The van der Waals surface area contributed by atoms with Crippen molar-refractivity contribution in [2.45, 2.75) is 26.4 Å². The zero-order valence-electron chi connectivity index (χ0n) is 13.0. The van der Waals surface area contributed by atoms with Crippen LogP contribution in [-0.4, -0.2) is 18.7 Å². The molecule has 0 saturated heterocycles. The Morgan fingerprint density at radius 2 is 1.86 bits per heavy atom. The SMILES string of the molecule is CC(C)Oc1cccc(NC(=O)NCCc2ccccc2)c1. The highest BCUT2D eigenvalue weighted by atomic mass is 16.5. The van der Waals surface area contributed by atoms with Gasteiger partial charge >= 0.3 is 6.03 Å². The molecular formula is C18H22N2O2. The molecule has 2 N–H and O–H groups in total. The van der Waals surface area contributed by atoms with Crippen molar-refractivity contribution in [1.29, 1.82) is 0 Å². The van der Waals surface area contributed by atoms with E-state index in [1.54, 1.807) is 0 Å². The average molecular weight is 298 g/mol. The third-order valence-electron chi connectivity index (χ3n) is 3.01. The fraction of sp³-hybridized carbons (Fsp3) is 0.278. The molecule has 0 heterocycles. The zero-order valence-corrected chi connectivity index (χ0v) is 13.0. The van der Waals surface area contributed by atoms with E-state index in [0.717, 1.165) is 17.9 Å². The standard InChI is InChI=1S/C18H22N2O2/c1-14(2)22-17-10-6-9-16(13-17)20-18(21)19-12-11-15-7-4-3-5-8-15/h3-10,13-14H,11-12H2,1-2H3,(H2,19,20,21). The predicted molar refractivity (Wildman–Crippen MR) is 89.4 cm³/mol. The van der Waals surface area contributed by atoms with Crippen LogP contribution in [0.4, 0.5) is 10.5 Å². The van der Waals surface area contributed by atoms with Gasteiger partial charge in [0.2, 0.25) is 0 Å². The van der Waals surface area contributed by atoms with Gasteiger partial charge in [0.15, 0.2) is 0 Å². The normalized spacial score (nSPS) is 10.3. The zero-order chi connectivity index (χ0) is 15.8. The molecule has 22 heavy (non-hydrogen) atoms. The van der Waals surface area contributed by atoms with Crippen LogP contribution in [0.25, 0.3) is 0 Å². The van der Waals surface area contributed by atoms with Crippen molar-refractivity contribution in [2.75, 3.05) is 11.9 Å². The summed E-state index contributed by atoms with van der Waals surface area (Å²) in [5.41, 5.74) is 1.92. The molecular weight excluding hydrogens is 276 g/mol. The number of rotatable bonds is 6. The van der Waals surface area contributed by atoms with E-state index < -0.39 is 0 Å². The van der Waals surface area contributed by atoms with E-state index in [1.807, 2.05) is 68.4 Å². The van der Waals surface area contributed by atoms with E-state index in [-0.39, 0.29) is 12.1 Å². The fourth-order valence-electron chi connectivity index (χ4n) is 2.06. The van der Waals surface area contributed by atoms with E-state index in [9.17, 15) is 4.79 Å². The number of ether oxygens (including phenoxy) is 1. The summed E-state index contributed by atoms with van der Waals surface area (Å²) in [6.07, 6.45) is 0.917. The van der Waals surface area contributed by atoms with Crippen molar-refractivity contribution in [3.63, 3.8) is 0 Å².